The summed E-state index contributed by atoms with van der Waals surface area (Å²) in [5.74, 6) is 0. The summed E-state index contributed by atoms with van der Waals surface area (Å²) < 4.78 is 5.37. The van der Waals surface area contributed by atoms with E-state index in [2.05, 4.69) is 0 Å². The molecule has 2 aliphatic heterocycles. The largest absolute Gasteiger partial charge is 0.465 e. The first kappa shape index (κ1) is 8.77. The summed E-state index contributed by atoms with van der Waals surface area (Å²) >= 11 is 0. The normalized spacial score (nSPS) is 37.0. The van der Waals surface area contributed by atoms with E-state index in [-0.39, 0.29) is 12.7 Å². The summed E-state index contributed by atoms with van der Waals surface area (Å²) in [6.07, 6.45) is 0.359. The molecule has 0 aromatic rings. The predicted octanol–water partition coefficient (Wildman–Crippen LogP) is -0.110. The standard InChI is InChI=1S/C8H13NO4/c10-2-1-8-3-6(13-5-8)4-9(8)7(11)12/h6,10H,1-5H2,(H,11,12)/t6-,8-/m0/s1. The molecule has 0 unspecified atom stereocenters. The van der Waals surface area contributed by atoms with E-state index in [9.17, 15) is 4.79 Å². The number of carbonyl (C=O) groups is 1. The molecule has 2 N–H and O–H groups in total. The van der Waals surface area contributed by atoms with Gasteiger partial charge in [-0.1, -0.05) is 0 Å². The maximum atomic E-state index is 10.9. The average Bonchev–Trinajstić information content (AvgIpc) is 2.60. The minimum atomic E-state index is -0.903. The molecule has 74 valence electrons. The molecule has 0 radical (unpaired) electrons. The van der Waals surface area contributed by atoms with Gasteiger partial charge in [-0.05, 0) is 6.42 Å². The minimum Gasteiger partial charge on any atom is -0.465 e. The van der Waals surface area contributed by atoms with E-state index in [1.165, 1.54) is 4.90 Å². The molecule has 13 heavy (non-hydrogen) atoms. The van der Waals surface area contributed by atoms with Crippen molar-refractivity contribution in [3.05, 3.63) is 0 Å². The van der Waals surface area contributed by atoms with Crippen molar-refractivity contribution in [1.29, 1.82) is 0 Å². The number of ether oxygens (including phenoxy) is 1. The Bertz CT molecular complexity index is 232. The number of aliphatic hydroxyl groups excluding tert-OH is 1. The lowest BCUT2D eigenvalue weighted by molar-refractivity contribution is -0.00969. The summed E-state index contributed by atoms with van der Waals surface area (Å²) in [5, 5.41) is 17.8. The van der Waals surface area contributed by atoms with Crippen molar-refractivity contribution in [2.45, 2.75) is 24.5 Å². The first-order valence-corrected chi connectivity index (χ1v) is 4.41. The smallest absolute Gasteiger partial charge is 0.407 e. The second-order valence-electron chi connectivity index (χ2n) is 3.73. The maximum Gasteiger partial charge on any atom is 0.407 e. The van der Waals surface area contributed by atoms with Crippen molar-refractivity contribution in [3.63, 3.8) is 0 Å². The van der Waals surface area contributed by atoms with Gasteiger partial charge < -0.3 is 14.9 Å². The van der Waals surface area contributed by atoms with Gasteiger partial charge in [0.2, 0.25) is 0 Å². The van der Waals surface area contributed by atoms with Gasteiger partial charge in [-0.2, -0.15) is 0 Å². The van der Waals surface area contributed by atoms with E-state index in [4.69, 9.17) is 14.9 Å². The van der Waals surface area contributed by atoms with Gasteiger partial charge in [0.25, 0.3) is 0 Å². The molecule has 2 aliphatic rings. The van der Waals surface area contributed by atoms with E-state index in [0.717, 1.165) is 6.42 Å². The van der Waals surface area contributed by atoms with Crippen molar-refractivity contribution < 1.29 is 19.7 Å². The Hall–Kier alpha value is -0.810. The van der Waals surface area contributed by atoms with Gasteiger partial charge >= 0.3 is 6.09 Å². The summed E-state index contributed by atoms with van der Waals surface area (Å²) in [7, 11) is 0. The lowest BCUT2D eigenvalue weighted by atomic mass is 9.95. The Morgan fingerprint density at radius 3 is 3.00 bits per heavy atom. The first-order chi connectivity index (χ1) is 6.18. The molecular formula is C8H13NO4. The van der Waals surface area contributed by atoms with Gasteiger partial charge in [0.1, 0.15) is 0 Å². The summed E-state index contributed by atoms with van der Waals surface area (Å²) in [4.78, 5) is 12.3. The number of rotatable bonds is 2. The number of likely N-dealkylation sites (tertiary alicyclic amines) is 1. The molecule has 0 aromatic carbocycles. The highest BCUT2D eigenvalue weighted by Gasteiger charge is 2.53. The van der Waals surface area contributed by atoms with Crippen LogP contribution in [-0.4, -0.2) is 52.6 Å². The fraction of sp³-hybridized carbons (Fsp3) is 0.875. The molecule has 2 saturated heterocycles. The molecule has 2 bridgehead atoms. The van der Waals surface area contributed by atoms with Gasteiger partial charge in [0, 0.05) is 13.0 Å². The Balaban J connectivity index is 2.17. The van der Waals surface area contributed by atoms with Crippen LogP contribution in [-0.2, 0) is 4.74 Å². The zero-order valence-electron chi connectivity index (χ0n) is 7.27. The van der Waals surface area contributed by atoms with Crippen molar-refractivity contribution in [2.24, 2.45) is 0 Å². The van der Waals surface area contributed by atoms with Gasteiger partial charge in [-0.15, -0.1) is 0 Å². The summed E-state index contributed by atoms with van der Waals surface area (Å²) in [5.41, 5.74) is -0.439. The van der Waals surface area contributed by atoms with Crippen LogP contribution < -0.4 is 0 Å². The van der Waals surface area contributed by atoms with Crippen LogP contribution in [0.2, 0.25) is 0 Å². The predicted molar refractivity (Wildman–Crippen MR) is 43.5 cm³/mol. The van der Waals surface area contributed by atoms with E-state index in [1.54, 1.807) is 0 Å². The van der Waals surface area contributed by atoms with Crippen LogP contribution in [0.15, 0.2) is 0 Å². The topological polar surface area (TPSA) is 70.0 Å². The lowest BCUT2D eigenvalue weighted by Crippen LogP contribution is -2.51. The molecule has 0 spiro atoms. The number of morpholine rings is 1. The first-order valence-electron chi connectivity index (χ1n) is 4.41. The second kappa shape index (κ2) is 2.85. The molecule has 2 fully saturated rings. The Morgan fingerprint density at radius 1 is 1.69 bits per heavy atom. The Kier molecular flexibility index (Phi) is 1.92. The lowest BCUT2D eigenvalue weighted by Gasteiger charge is -2.35. The molecule has 5 heteroatoms. The maximum absolute atomic E-state index is 10.9. The van der Waals surface area contributed by atoms with E-state index >= 15 is 0 Å². The molecule has 1 amide bonds. The highest BCUT2D eigenvalue weighted by atomic mass is 16.5. The molecule has 0 aliphatic carbocycles. The highest BCUT2D eigenvalue weighted by molar-refractivity contribution is 5.67. The molecule has 0 aromatic heterocycles. The fourth-order valence-corrected chi connectivity index (χ4v) is 2.32. The third kappa shape index (κ3) is 1.19. The summed E-state index contributed by atoms with van der Waals surface area (Å²) in [6, 6.07) is 0. The van der Waals surface area contributed by atoms with E-state index in [1.807, 2.05) is 0 Å². The van der Waals surface area contributed by atoms with Gasteiger partial charge in [-0.25, -0.2) is 4.79 Å². The molecule has 2 rings (SSSR count). The van der Waals surface area contributed by atoms with Crippen molar-refractivity contribution in [1.82, 2.24) is 4.90 Å². The molecule has 5 nitrogen and oxygen atoms in total. The number of amides is 1. The van der Waals surface area contributed by atoms with Gasteiger partial charge in [-0.3, -0.25) is 4.90 Å². The van der Waals surface area contributed by atoms with Crippen LogP contribution in [0.3, 0.4) is 0 Å². The third-order valence-electron chi connectivity index (χ3n) is 2.96. The van der Waals surface area contributed by atoms with Crippen LogP contribution in [0, 0.1) is 0 Å². The van der Waals surface area contributed by atoms with E-state index < -0.39 is 11.6 Å². The third-order valence-corrected chi connectivity index (χ3v) is 2.96. The zero-order valence-corrected chi connectivity index (χ0v) is 7.27. The monoisotopic (exact) mass is 187 g/mol. The molecule has 0 saturated carbocycles. The number of hydrogen-bond acceptors (Lipinski definition) is 3. The van der Waals surface area contributed by atoms with Crippen LogP contribution in [0.4, 0.5) is 4.79 Å². The molecule has 2 heterocycles. The number of nitrogens with zero attached hydrogens (tertiary/aromatic N) is 1. The van der Waals surface area contributed by atoms with Crippen LogP contribution in [0.5, 0.6) is 0 Å². The van der Waals surface area contributed by atoms with Crippen molar-refractivity contribution in [2.75, 3.05) is 19.8 Å². The van der Waals surface area contributed by atoms with Gasteiger partial charge in [0.05, 0.1) is 24.8 Å². The second-order valence-corrected chi connectivity index (χ2v) is 3.73. The Labute approximate surface area is 75.9 Å². The average molecular weight is 187 g/mol. The van der Waals surface area contributed by atoms with Crippen LogP contribution in [0.25, 0.3) is 0 Å². The minimum absolute atomic E-state index is 0.0137. The van der Waals surface area contributed by atoms with Crippen LogP contribution >= 0.6 is 0 Å². The van der Waals surface area contributed by atoms with Crippen molar-refractivity contribution >= 4 is 6.09 Å². The molecule has 2 atom stereocenters. The SMILES string of the molecule is O=C(O)N1C[C@@H]2C[C@@]1(CCO)CO2. The number of aliphatic hydroxyl groups is 1. The zero-order chi connectivity index (χ0) is 9.47. The number of hydrogen-bond donors (Lipinski definition) is 2. The Morgan fingerprint density at radius 2 is 2.46 bits per heavy atom. The number of fused-ring (bicyclic) bond motifs is 2. The van der Waals surface area contributed by atoms with E-state index in [0.29, 0.717) is 19.6 Å². The fourth-order valence-electron chi connectivity index (χ4n) is 2.32. The van der Waals surface area contributed by atoms with Gasteiger partial charge in [0.15, 0.2) is 0 Å². The molecular weight excluding hydrogens is 174 g/mol. The van der Waals surface area contributed by atoms with Crippen molar-refractivity contribution in [3.8, 4) is 0 Å². The van der Waals surface area contributed by atoms with Crippen LogP contribution in [0.1, 0.15) is 12.8 Å². The quantitative estimate of drug-likeness (QED) is 0.632. The number of carboxylic acid groups (broad SMARTS) is 1. The summed E-state index contributed by atoms with van der Waals surface area (Å²) in [6.45, 7) is 0.902. The highest BCUT2D eigenvalue weighted by Crippen LogP contribution is 2.40.